The van der Waals surface area contributed by atoms with Gasteiger partial charge in [0.2, 0.25) is 0 Å². The Bertz CT molecular complexity index is 488. The van der Waals surface area contributed by atoms with Gasteiger partial charge in [-0.05, 0) is 43.0 Å². The first-order valence-corrected chi connectivity index (χ1v) is 5.77. The molecule has 0 saturated heterocycles. The van der Waals surface area contributed by atoms with Crippen molar-refractivity contribution in [3.05, 3.63) is 42.0 Å². The van der Waals surface area contributed by atoms with Crippen molar-refractivity contribution in [2.45, 2.75) is 26.3 Å². The molecule has 0 saturated carbocycles. The Morgan fingerprint density at radius 2 is 2.00 bits per heavy atom. The minimum Gasteiger partial charge on any atom is -0.399 e. The Hall–Kier alpha value is -1.97. The predicted octanol–water partition coefficient (Wildman–Crippen LogP) is 1.99. The smallest absolute Gasteiger partial charge is 0.0945 e. The Balaban J connectivity index is 2.01. The summed E-state index contributed by atoms with van der Waals surface area (Å²) in [4.78, 5) is 4.02. The van der Waals surface area contributed by atoms with Gasteiger partial charge in [-0.1, -0.05) is 0 Å². The number of nitrogen functional groups attached to an aromatic ring is 2. The number of anilines is 2. The van der Waals surface area contributed by atoms with Gasteiger partial charge in [0.05, 0.1) is 6.33 Å². The summed E-state index contributed by atoms with van der Waals surface area (Å²) in [7, 11) is 0. The van der Waals surface area contributed by atoms with Gasteiger partial charge < -0.3 is 16.0 Å². The van der Waals surface area contributed by atoms with Crippen LogP contribution in [0.2, 0.25) is 0 Å². The third kappa shape index (κ3) is 2.58. The Morgan fingerprint density at radius 3 is 2.71 bits per heavy atom. The van der Waals surface area contributed by atoms with Crippen LogP contribution in [0.5, 0.6) is 0 Å². The van der Waals surface area contributed by atoms with Crippen LogP contribution in [0.4, 0.5) is 11.4 Å². The van der Waals surface area contributed by atoms with Crippen molar-refractivity contribution in [2.75, 3.05) is 11.5 Å². The summed E-state index contributed by atoms with van der Waals surface area (Å²) in [6.45, 7) is 2.98. The second-order valence-electron chi connectivity index (χ2n) is 4.25. The predicted molar refractivity (Wildman–Crippen MR) is 70.6 cm³/mol. The number of rotatable bonds is 4. The van der Waals surface area contributed by atoms with E-state index in [1.165, 1.54) is 5.56 Å². The van der Waals surface area contributed by atoms with E-state index in [1.807, 2.05) is 31.6 Å². The number of imidazole rings is 1. The molecule has 0 aliphatic heterocycles. The molecule has 0 spiro atoms. The molecule has 0 atom stereocenters. The number of hydrogen-bond donors (Lipinski definition) is 2. The van der Waals surface area contributed by atoms with E-state index in [1.54, 1.807) is 6.20 Å². The third-order valence-corrected chi connectivity index (χ3v) is 3.08. The molecular formula is C13H18N4. The molecule has 90 valence electrons. The lowest BCUT2D eigenvalue weighted by Gasteiger charge is -2.11. The first-order chi connectivity index (χ1) is 8.18. The fourth-order valence-electron chi connectivity index (χ4n) is 1.99. The Morgan fingerprint density at radius 1 is 1.24 bits per heavy atom. The van der Waals surface area contributed by atoms with Gasteiger partial charge in [0, 0.05) is 30.3 Å². The monoisotopic (exact) mass is 230 g/mol. The van der Waals surface area contributed by atoms with Gasteiger partial charge in [0.1, 0.15) is 0 Å². The molecule has 0 bridgehead atoms. The molecule has 1 heterocycles. The highest BCUT2D eigenvalue weighted by molar-refractivity contribution is 5.61. The van der Waals surface area contributed by atoms with E-state index in [2.05, 4.69) is 9.55 Å². The van der Waals surface area contributed by atoms with Crippen molar-refractivity contribution in [3.63, 3.8) is 0 Å². The number of nitrogens with two attached hydrogens (primary N) is 2. The van der Waals surface area contributed by atoms with Crippen LogP contribution in [0.15, 0.2) is 30.9 Å². The lowest BCUT2D eigenvalue weighted by molar-refractivity contribution is 0.641. The van der Waals surface area contributed by atoms with Gasteiger partial charge in [-0.25, -0.2) is 4.98 Å². The Labute approximate surface area is 101 Å². The molecule has 17 heavy (non-hydrogen) atoms. The van der Waals surface area contributed by atoms with Crippen LogP contribution < -0.4 is 11.5 Å². The molecule has 1 aromatic heterocycles. The second kappa shape index (κ2) is 4.91. The summed E-state index contributed by atoms with van der Waals surface area (Å²) in [5, 5.41) is 0. The van der Waals surface area contributed by atoms with E-state index in [9.17, 15) is 0 Å². The average molecular weight is 230 g/mol. The molecule has 0 aliphatic carbocycles. The van der Waals surface area contributed by atoms with Crippen molar-refractivity contribution in [2.24, 2.45) is 0 Å². The van der Waals surface area contributed by atoms with Crippen LogP contribution in [0, 0.1) is 6.92 Å². The molecule has 4 heteroatoms. The van der Waals surface area contributed by atoms with Crippen molar-refractivity contribution in [3.8, 4) is 0 Å². The van der Waals surface area contributed by atoms with Gasteiger partial charge >= 0.3 is 0 Å². The topological polar surface area (TPSA) is 69.9 Å². The maximum Gasteiger partial charge on any atom is 0.0945 e. The molecule has 1 aromatic carbocycles. The van der Waals surface area contributed by atoms with Crippen LogP contribution in [0.25, 0.3) is 0 Å². The summed E-state index contributed by atoms with van der Waals surface area (Å²) >= 11 is 0. The number of hydrogen-bond acceptors (Lipinski definition) is 3. The van der Waals surface area contributed by atoms with Crippen molar-refractivity contribution in [1.82, 2.24) is 9.55 Å². The van der Waals surface area contributed by atoms with E-state index in [4.69, 9.17) is 11.5 Å². The summed E-state index contributed by atoms with van der Waals surface area (Å²) < 4.78 is 2.07. The molecule has 2 aromatic rings. The Kier molecular flexibility index (Phi) is 3.32. The normalized spacial score (nSPS) is 10.6. The molecule has 0 radical (unpaired) electrons. The fourth-order valence-corrected chi connectivity index (χ4v) is 1.99. The fraction of sp³-hybridized carbons (Fsp3) is 0.308. The van der Waals surface area contributed by atoms with E-state index < -0.39 is 0 Å². The van der Waals surface area contributed by atoms with E-state index >= 15 is 0 Å². The van der Waals surface area contributed by atoms with Crippen LogP contribution in [0.1, 0.15) is 17.5 Å². The maximum absolute atomic E-state index is 5.98. The highest BCUT2D eigenvalue weighted by Gasteiger charge is 2.05. The summed E-state index contributed by atoms with van der Waals surface area (Å²) in [5.74, 6) is 0. The molecule has 4 N–H and O–H groups in total. The van der Waals surface area contributed by atoms with Crippen LogP contribution in [-0.2, 0) is 13.0 Å². The number of benzene rings is 1. The summed E-state index contributed by atoms with van der Waals surface area (Å²) in [6, 6.07) is 3.75. The molecule has 2 rings (SSSR count). The van der Waals surface area contributed by atoms with Crippen LogP contribution in [-0.4, -0.2) is 9.55 Å². The summed E-state index contributed by atoms with van der Waals surface area (Å²) in [5.41, 5.74) is 15.8. The summed E-state index contributed by atoms with van der Waals surface area (Å²) in [6.07, 6.45) is 7.57. The van der Waals surface area contributed by atoms with E-state index in [0.29, 0.717) is 0 Å². The highest BCUT2D eigenvalue weighted by Crippen LogP contribution is 2.23. The number of aromatic nitrogens is 2. The molecule has 0 amide bonds. The molecule has 0 fully saturated rings. The number of nitrogens with zero attached hydrogens (tertiary/aromatic N) is 2. The number of aryl methyl sites for hydroxylation is 1. The van der Waals surface area contributed by atoms with E-state index in [-0.39, 0.29) is 0 Å². The van der Waals surface area contributed by atoms with Crippen molar-refractivity contribution < 1.29 is 0 Å². The SMILES string of the molecule is Cc1c(N)ccc(N)c1CCCn1ccnc1. The minimum absolute atomic E-state index is 0.817. The second-order valence-corrected chi connectivity index (χ2v) is 4.25. The van der Waals surface area contributed by atoms with Gasteiger partial charge in [-0.2, -0.15) is 0 Å². The lowest BCUT2D eigenvalue weighted by atomic mass is 10.0. The largest absolute Gasteiger partial charge is 0.399 e. The van der Waals surface area contributed by atoms with Crippen LogP contribution >= 0.6 is 0 Å². The minimum atomic E-state index is 0.817. The zero-order valence-corrected chi connectivity index (χ0v) is 10.1. The zero-order chi connectivity index (χ0) is 12.3. The first-order valence-electron chi connectivity index (χ1n) is 5.77. The quantitative estimate of drug-likeness (QED) is 0.789. The standard InChI is InChI=1S/C13H18N4/c1-10-11(13(15)5-4-12(10)14)3-2-7-17-8-6-16-9-17/h4-6,8-9H,2-3,7,14-15H2,1H3. The van der Waals surface area contributed by atoms with Crippen molar-refractivity contribution >= 4 is 11.4 Å². The van der Waals surface area contributed by atoms with Gasteiger partial charge in [-0.15, -0.1) is 0 Å². The van der Waals surface area contributed by atoms with Crippen LogP contribution in [0.3, 0.4) is 0 Å². The zero-order valence-electron chi connectivity index (χ0n) is 10.1. The lowest BCUT2D eigenvalue weighted by Crippen LogP contribution is -2.03. The van der Waals surface area contributed by atoms with Crippen molar-refractivity contribution in [1.29, 1.82) is 0 Å². The average Bonchev–Trinajstić information content (AvgIpc) is 2.81. The van der Waals surface area contributed by atoms with Gasteiger partial charge in [0.25, 0.3) is 0 Å². The molecule has 0 aliphatic rings. The van der Waals surface area contributed by atoms with Gasteiger partial charge in [0.15, 0.2) is 0 Å². The molecule has 0 unspecified atom stereocenters. The van der Waals surface area contributed by atoms with Gasteiger partial charge in [-0.3, -0.25) is 0 Å². The molecule has 4 nitrogen and oxygen atoms in total. The van der Waals surface area contributed by atoms with E-state index in [0.717, 1.165) is 36.3 Å². The first kappa shape index (κ1) is 11.5. The highest BCUT2D eigenvalue weighted by atomic mass is 15.0. The maximum atomic E-state index is 5.98. The third-order valence-electron chi connectivity index (χ3n) is 3.08. The molecular weight excluding hydrogens is 212 g/mol.